The van der Waals surface area contributed by atoms with Crippen molar-refractivity contribution in [3.05, 3.63) is 34.6 Å². The fourth-order valence-corrected chi connectivity index (χ4v) is 2.30. The third-order valence-corrected chi connectivity index (χ3v) is 3.37. The Kier molecular flexibility index (Phi) is 5.24. The summed E-state index contributed by atoms with van der Waals surface area (Å²) in [6.07, 6.45) is -3.45. The summed E-state index contributed by atoms with van der Waals surface area (Å²) in [5.74, 6) is -2.10. The molecule has 0 atom stereocenters. The molecule has 0 bridgehead atoms. The molecular formula is C16H19F3N4O3. The minimum Gasteiger partial charge on any atom is -0.344 e. The molecule has 142 valence electrons. The number of nitrogens with zero attached hydrogens (tertiary/aromatic N) is 4. The van der Waals surface area contributed by atoms with Crippen molar-refractivity contribution >= 4 is 5.91 Å². The van der Waals surface area contributed by atoms with Crippen LogP contribution in [0.2, 0.25) is 0 Å². The third kappa shape index (κ3) is 4.93. The van der Waals surface area contributed by atoms with E-state index in [1.165, 1.54) is 17.2 Å². The highest BCUT2D eigenvalue weighted by molar-refractivity contribution is 5.75. The minimum absolute atomic E-state index is 0.0704. The number of carbonyl (C=O) groups is 1. The molecule has 0 N–H and O–H groups in total. The van der Waals surface area contributed by atoms with E-state index in [0.717, 1.165) is 10.6 Å². The van der Waals surface area contributed by atoms with Crippen molar-refractivity contribution in [3.63, 3.8) is 0 Å². The normalized spacial score (nSPS) is 12.3. The molecule has 0 unspecified atom stereocenters. The SMILES string of the molecule is CN(CC(C)(C)C)C(=O)Cn1ccc(-c2noc(C(F)(F)F)n2)cc1=O. The number of pyridine rings is 1. The van der Waals surface area contributed by atoms with Crippen LogP contribution in [0.3, 0.4) is 0 Å². The molecule has 10 heteroatoms. The van der Waals surface area contributed by atoms with E-state index in [1.54, 1.807) is 7.05 Å². The van der Waals surface area contributed by atoms with Crippen LogP contribution in [0.5, 0.6) is 0 Å². The van der Waals surface area contributed by atoms with Gasteiger partial charge in [-0.25, -0.2) is 0 Å². The summed E-state index contributed by atoms with van der Waals surface area (Å²) < 4.78 is 42.8. The Morgan fingerprint density at radius 3 is 2.46 bits per heavy atom. The molecule has 2 aromatic rings. The predicted octanol–water partition coefficient (Wildman–Crippen LogP) is 2.42. The summed E-state index contributed by atoms with van der Waals surface area (Å²) in [6.45, 7) is 6.29. The van der Waals surface area contributed by atoms with Gasteiger partial charge < -0.3 is 14.0 Å². The summed E-state index contributed by atoms with van der Waals surface area (Å²) in [4.78, 5) is 29.1. The average molecular weight is 372 g/mol. The Bertz CT molecular complexity index is 849. The van der Waals surface area contributed by atoms with Gasteiger partial charge in [0.2, 0.25) is 11.7 Å². The quantitative estimate of drug-likeness (QED) is 0.823. The van der Waals surface area contributed by atoms with Crippen LogP contribution in [0.25, 0.3) is 11.4 Å². The van der Waals surface area contributed by atoms with Gasteiger partial charge in [0.15, 0.2) is 0 Å². The highest BCUT2D eigenvalue weighted by Gasteiger charge is 2.38. The maximum Gasteiger partial charge on any atom is 0.471 e. The van der Waals surface area contributed by atoms with Gasteiger partial charge in [0.25, 0.3) is 5.56 Å². The van der Waals surface area contributed by atoms with Gasteiger partial charge in [0.05, 0.1) is 0 Å². The van der Waals surface area contributed by atoms with Gasteiger partial charge in [0, 0.05) is 31.4 Å². The van der Waals surface area contributed by atoms with E-state index in [0.29, 0.717) is 6.54 Å². The maximum absolute atomic E-state index is 12.5. The van der Waals surface area contributed by atoms with E-state index in [2.05, 4.69) is 14.7 Å². The standard InChI is InChI=1S/C16H19F3N4O3/c1-15(2,3)9-22(4)12(25)8-23-6-5-10(7-11(23)24)13-20-14(26-21-13)16(17,18)19/h5-7H,8-9H2,1-4H3. The van der Waals surface area contributed by atoms with E-state index < -0.39 is 17.6 Å². The number of hydrogen-bond acceptors (Lipinski definition) is 5. The summed E-state index contributed by atoms with van der Waals surface area (Å²) in [5.41, 5.74) is -0.576. The second kappa shape index (κ2) is 6.93. The number of likely N-dealkylation sites (N-methyl/N-ethyl adjacent to an activating group) is 1. The Balaban J connectivity index is 2.16. The van der Waals surface area contributed by atoms with Crippen LogP contribution in [0.4, 0.5) is 13.2 Å². The van der Waals surface area contributed by atoms with E-state index in [4.69, 9.17) is 0 Å². The van der Waals surface area contributed by atoms with Crippen molar-refractivity contribution in [2.45, 2.75) is 33.5 Å². The molecule has 0 fully saturated rings. The molecular weight excluding hydrogens is 353 g/mol. The Morgan fingerprint density at radius 1 is 1.31 bits per heavy atom. The zero-order valence-electron chi connectivity index (χ0n) is 14.8. The van der Waals surface area contributed by atoms with Crippen LogP contribution in [0, 0.1) is 5.41 Å². The Hall–Kier alpha value is -2.65. The summed E-state index contributed by atoms with van der Waals surface area (Å²) in [6, 6.07) is 2.41. The molecule has 0 aliphatic rings. The van der Waals surface area contributed by atoms with Gasteiger partial charge in [0.1, 0.15) is 6.54 Å². The third-order valence-electron chi connectivity index (χ3n) is 3.37. The lowest BCUT2D eigenvalue weighted by atomic mass is 9.96. The van der Waals surface area contributed by atoms with Crippen molar-refractivity contribution in [2.75, 3.05) is 13.6 Å². The summed E-state index contributed by atoms with van der Waals surface area (Å²) >= 11 is 0. The Morgan fingerprint density at radius 2 is 1.96 bits per heavy atom. The molecule has 0 saturated heterocycles. The molecule has 7 nitrogen and oxygen atoms in total. The number of halogens is 3. The molecule has 0 aliphatic heterocycles. The van der Waals surface area contributed by atoms with E-state index in [9.17, 15) is 22.8 Å². The van der Waals surface area contributed by atoms with Crippen LogP contribution in [0.15, 0.2) is 27.6 Å². The molecule has 26 heavy (non-hydrogen) atoms. The molecule has 0 spiro atoms. The second-order valence-electron chi connectivity index (χ2n) is 7.11. The first-order valence-electron chi connectivity index (χ1n) is 7.72. The van der Waals surface area contributed by atoms with Crippen LogP contribution < -0.4 is 5.56 Å². The summed E-state index contributed by atoms with van der Waals surface area (Å²) in [5, 5.41) is 3.22. The molecule has 2 heterocycles. The first kappa shape index (κ1) is 19.7. The zero-order chi connectivity index (χ0) is 19.7. The van der Waals surface area contributed by atoms with Crippen molar-refractivity contribution in [3.8, 4) is 11.4 Å². The fraction of sp³-hybridized carbons (Fsp3) is 0.500. The highest BCUT2D eigenvalue weighted by Crippen LogP contribution is 2.29. The number of hydrogen-bond donors (Lipinski definition) is 0. The van der Waals surface area contributed by atoms with Crippen molar-refractivity contribution < 1.29 is 22.5 Å². The topological polar surface area (TPSA) is 81.2 Å². The lowest BCUT2D eigenvalue weighted by Crippen LogP contribution is -2.38. The highest BCUT2D eigenvalue weighted by atomic mass is 19.4. The largest absolute Gasteiger partial charge is 0.471 e. The lowest BCUT2D eigenvalue weighted by molar-refractivity contribution is -0.159. The second-order valence-corrected chi connectivity index (χ2v) is 7.11. The molecule has 1 amide bonds. The molecule has 0 aromatic carbocycles. The van der Waals surface area contributed by atoms with E-state index in [1.807, 2.05) is 20.8 Å². The van der Waals surface area contributed by atoms with Gasteiger partial charge in [-0.05, 0) is 11.5 Å². The van der Waals surface area contributed by atoms with Crippen molar-refractivity contribution in [1.82, 2.24) is 19.6 Å². The van der Waals surface area contributed by atoms with Gasteiger partial charge in [-0.1, -0.05) is 25.9 Å². The number of rotatable bonds is 4. The van der Waals surface area contributed by atoms with Crippen LogP contribution >= 0.6 is 0 Å². The number of aromatic nitrogens is 3. The van der Waals surface area contributed by atoms with Gasteiger partial charge >= 0.3 is 12.1 Å². The van der Waals surface area contributed by atoms with Crippen molar-refractivity contribution in [2.24, 2.45) is 5.41 Å². The molecule has 2 rings (SSSR count). The molecule has 0 saturated carbocycles. The monoisotopic (exact) mass is 372 g/mol. The summed E-state index contributed by atoms with van der Waals surface area (Å²) in [7, 11) is 1.64. The van der Waals surface area contributed by atoms with Gasteiger partial charge in [-0.15, -0.1) is 0 Å². The predicted molar refractivity (Wildman–Crippen MR) is 86.1 cm³/mol. The lowest BCUT2D eigenvalue weighted by Gasteiger charge is -2.26. The number of amides is 1. The fourth-order valence-electron chi connectivity index (χ4n) is 2.30. The molecule has 0 radical (unpaired) electrons. The first-order chi connectivity index (χ1) is 11.9. The van der Waals surface area contributed by atoms with E-state index >= 15 is 0 Å². The van der Waals surface area contributed by atoms with Crippen LogP contribution in [0.1, 0.15) is 26.7 Å². The van der Waals surface area contributed by atoms with Gasteiger partial charge in [-0.2, -0.15) is 18.2 Å². The van der Waals surface area contributed by atoms with Crippen molar-refractivity contribution in [1.29, 1.82) is 0 Å². The first-order valence-corrected chi connectivity index (χ1v) is 7.72. The number of carbonyl (C=O) groups excluding carboxylic acids is 1. The molecule has 2 aromatic heterocycles. The van der Waals surface area contributed by atoms with Crippen LogP contribution in [-0.4, -0.2) is 39.1 Å². The maximum atomic E-state index is 12.5. The van der Waals surface area contributed by atoms with E-state index in [-0.39, 0.29) is 29.3 Å². The zero-order valence-corrected chi connectivity index (χ0v) is 14.8. The van der Waals surface area contributed by atoms with Gasteiger partial charge in [-0.3, -0.25) is 9.59 Å². The molecule has 0 aliphatic carbocycles. The minimum atomic E-state index is -4.76. The number of alkyl halides is 3. The smallest absolute Gasteiger partial charge is 0.344 e. The average Bonchev–Trinajstić information content (AvgIpc) is 2.97. The Labute approximate surface area is 147 Å². The van der Waals surface area contributed by atoms with Crippen LogP contribution in [-0.2, 0) is 17.5 Å².